The van der Waals surface area contributed by atoms with E-state index in [2.05, 4.69) is 56.4 Å². The van der Waals surface area contributed by atoms with Gasteiger partial charge in [-0.2, -0.15) is 0 Å². The molecule has 0 spiro atoms. The summed E-state index contributed by atoms with van der Waals surface area (Å²) in [7, 11) is 3.44. The van der Waals surface area contributed by atoms with E-state index in [-0.39, 0.29) is 12.7 Å². The molecule has 174 valence electrons. The van der Waals surface area contributed by atoms with Gasteiger partial charge in [-0.3, -0.25) is 9.89 Å². The molecule has 2 aromatic carbocycles. The number of morpholine rings is 1. The van der Waals surface area contributed by atoms with Crippen LogP contribution < -0.4 is 14.8 Å². The zero-order chi connectivity index (χ0) is 23.0. The second-order valence-electron chi connectivity index (χ2n) is 8.22. The van der Waals surface area contributed by atoms with E-state index in [0.29, 0.717) is 24.1 Å². The summed E-state index contributed by atoms with van der Waals surface area (Å²) in [4.78, 5) is 9.36. The number of hydrogen-bond acceptors (Lipinski definition) is 5. The van der Waals surface area contributed by atoms with Crippen LogP contribution in [0.2, 0.25) is 0 Å². The molecular weight excluding hydrogens is 416 g/mol. The van der Waals surface area contributed by atoms with Crippen molar-refractivity contribution in [2.75, 3.05) is 47.0 Å². The van der Waals surface area contributed by atoms with E-state index in [1.807, 2.05) is 25.2 Å². The summed E-state index contributed by atoms with van der Waals surface area (Å²) >= 11 is 0. The molecule has 1 N–H and O–H groups in total. The molecule has 2 fully saturated rings. The maximum atomic E-state index is 6.12. The Kier molecular flexibility index (Phi) is 7.71. The zero-order valence-corrected chi connectivity index (χ0v) is 19.4. The summed E-state index contributed by atoms with van der Waals surface area (Å²) < 4.78 is 17.1. The zero-order valence-electron chi connectivity index (χ0n) is 19.4. The van der Waals surface area contributed by atoms with Gasteiger partial charge in [-0.15, -0.1) is 6.42 Å². The normalized spacial score (nSPS) is 20.8. The summed E-state index contributed by atoms with van der Waals surface area (Å²) in [5.41, 5.74) is 2.39. The van der Waals surface area contributed by atoms with Crippen LogP contribution in [0.3, 0.4) is 0 Å². The number of fused-ring (bicyclic) bond motifs is 1. The van der Waals surface area contributed by atoms with Crippen LogP contribution in [0.4, 0.5) is 0 Å². The number of nitrogens with zero attached hydrogens (tertiary/aromatic N) is 3. The van der Waals surface area contributed by atoms with Gasteiger partial charge < -0.3 is 24.4 Å². The number of guanidine groups is 1. The number of hydrogen-bond donors (Lipinski definition) is 1. The molecule has 0 saturated carbocycles. The lowest BCUT2D eigenvalue weighted by atomic mass is 10.1. The molecule has 2 aromatic rings. The third-order valence-corrected chi connectivity index (χ3v) is 6.15. The molecule has 7 nitrogen and oxygen atoms in total. The molecule has 7 heteroatoms. The number of aliphatic imine (C=N–C) groups is 1. The van der Waals surface area contributed by atoms with Crippen LogP contribution in [0, 0.1) is 12.3 Å². The largest absolute Gasteiger partial charge is 0.493 e. The molecule has 0 aliphatic carbocycles. The van der Waals surface area contributed by atoms with Crippen molar-refractivity contribution in [3.05, 3.63) is 59.7 Å². The number of ether oxygens (including phenoxy) is 3. The lowest BCUT2D eigenvalue weighted by Gasteiger charge is -2.36. The minimum absolute atomic E-state index is 0.186. The second-order valence-corrected chi connectivity index (χ2v) is 8.22. The Hall–Kier alpha value is -3.21. The molecule has 2 unspecified atom stereocenters. The quantitative estimate of drug-likeness (QED) is 0.399. The number of nitrogens with one attached hydrogen (secondary N) is 1. The van der Waals surface area contributed by atoms with Crippen molar-refractivity contribution >= 4 is 5.96 Å². The highest BCUT2D eigenvalue weighted by atomic mass is 16.5. The molecular formula is C26H32N4O3. The van der Waals surface area contributed by atoms with E-state index in [0.717, 1.165) is 44.3 Å². The summed E-state index contributed by atoms with van der Waals surface area (Å²) in [5, 5.41) is 3.49. The average molecular weight is 449 g/mol. The fraction of sp³-hybridized carbons (Fsp3) is 0.423. The van der Waals surface area contributed by atoms with Crippen LogP contribution in [-0.2, 0) is 17.8 Å². The summed E-state index contributed by atoms with van der Waals surface area (Å²) in [6, 6.07) is 16.8. The van der Waals surface area contributed by atoms with Crippen molar-refractivity contribution in [3.8, 4) is 23.8 Å². The maximum absolute atomic E-state index is 6.12. The van der Waals surface area contributed by atoms with Gasteiger partial charge >= 0.3 is 0 Å². The Morgan fingerprint density at radius 1 is 1.18 bits per heavy atom. The van der Waals surface area contributed by atoms with E-state index in [1.165, 1.54) is 5.56 Å². The number of terminal acetylenes is 1. The number of rotatable bonds is 7. The van der Waals surface area contributed by atoms with Crippen LogP contribution in [0.1, 0.15) is 11.1 Å². The highest BCUT2D eigenvalue weighted by molar-refractivity contribution is 5.80. The van der Waals surface area contributed by atoms with E-state index in [9.17, 15) is 0 Å². The van der Waals surface area contributed by atoms with Gasteiger partial charge in [-0.05, 0) is 23.3 Å². The maximum Gasteiger partial charge on any atom is 0.194 e. The Labute approximate surface area is 196 Å². The van der Waals surface area contributed by atoms with Gasteiger partial charge in [0.2, 0.25) is 0 Å². The summed E-state index contributed by atoms with van der Waals surface area (Å²) in [6.45, 7) is 5.18. The summed E-state index contributed by atoms with van der Waals surface area (Å²) in [5.74, 6) is 4.67. The Balaban J connectivity index is 1.38. The van der Waals surface area contributed by atoms with Crippen LogP contribution in [0.15, 0.2) is 53.5 Å². The van der Waals surface area contributed by atoms with Crippen LogP contribution >= 0.6 is 0 Å². The minimum atomic E-state index is 0.186. The van der Waals surface area contributed by atoms with Gasteiger partial charge in [0.1, 0.15) is 6.61 Å². The van der Waals surface area contributed by atoms with E-state index in [4.69, 9.17) is 20.6 Å². The minimum Gasteiger partial charge on any atom is -0.493 e. The molecule has 2 atom stereocenters. The first-order valence-corrected chi connectivity index (χ1v) is 11.3. The topological polar surface area (TPSA) is 58.6 Å². The van der Waals surface area contributed by atoms with Crippen molar-refractivity contribution in [2.45, 2.75) is 25.2 Å². The first kappa shape index (κ1) is 23.0. The van der Waals surface area contributed by atoms with Crippen molar-refractivity contribution in [2.24, 2.45) is 4.99 Å². The fourth-order valence-corrected chi connectivity index (χ4v) is 4.52. The van der Waals surface area contributed by atoms with Gasteiger partial charge in [0.15, 0.2) is 17.5 Å². The predicted octanol–water partition coefficient (Wildman–Crippen LogP) is 2.37. The Bertz CT molecular complexity index is 989. The van der Waals surface area contributed by atoms with Crippen LogP contribution in [0.5, 0.6) is 11.5 Å². The van der Waals surface area contributed by atoms with Gasteiger partial charge in [-0.25, -0.2) is 0 Å². The highest BCUT2D eigenvalue weighted by Gasteiger charge is 2.41. The molecule has 0 amide bonds. The van der Waals surface area contributed by atoms with Crippen molar-refractivity contribution in [1.82, 2.24) is 15.1 Å². The van der Waals surface area contributed by atoms with Crippen molar-refractivity contribution < 1.29 is 14.2 Å². The fourth-order valence-electron chi connectivity index (χ4n) is 4.52. The van der Waals surface area contributed by atoms with E-state index >= 15 is 0 Å². The molecule has 2 saturated heterocycles. The first-order chi connectivity index (χ1) is 16.2. The molecule has 0 radical (unpaired) electrons. The second kappa shape index (κ2) is 11.1. The smallest absolute Gasteiger partial charge is 0.194 e. The highest BCUT2D eigenvalue weighted by Crippen LogP contribution is 2.28. The Morgan fingerprint density at radius 2 is 2.03 bits per heavy atom. The summed E-state index contributed by atoms with van der Waals surface area (Å²) in [6.07, 6.45) is 5.52. The van der Waals surface area contributed by atoms with Crippen LogP contribution in [0.25, 0.3) is 0 Å². The molecule has 0 aromatic heterocycles. The molecule has 0 bridgehead atoms. The lowest BCUT2D eigenvalue weighted by Crippen LogP contribution is -2.50. The molecule has 2 aliphatic heterocycles. The standard InChI is InChI=1S/C26H32N4O3/c1-4-13-32-24-15-21(10-11-23(24)31-3)16-28-26(27-2)30-18-22-25(19-30)33-14-12-29(22)17-20-8-6-5-7-9-20/h1,5-11,15,22,25H,12-14,16-19H2,2-3H3,(H,27,28). The van der Waals surface area contributed by atoms with E-state index in [1.54, 1.807) is 7.11 Å². The number of methoxy groups -OCH3 is 1. The molecule has 4 rings (SSSR count). The third kappa shape index (κ3) is 5.59. The predicted molar refractivity (Wildman–Crippen MR) is 129 cm³/mol. The molecule has 2 aliphatic rings. The van der Waals surface area contributed by atoms with Crippen molar-refractivity contribution in [1.29, 1.82) is 0 Å². The number of likely N-dealkylation sites (tertiary alicyclic amines) is 1. The van der Waals surface area contributed by atoms with Crippen molar-refractivity contribution in [3.63, 3.8) is 0 Å². The monoisotopic (exact) mass is 448 g/mol. The third-order valence-electron chi connectivity index (χ3n) is 6.15. The van der Waals surface area contributed by atoms with Gasteiger partial charge in [0.25, 0.3) is 0 Å². The van der Waals surface area contributed by atoms with Gasteiger partial charge in [-0.1, -0.05) is 42.3 Å². The first-order valence-electron chi connectivity index (χ1n) is 11.3. The molecule has 33 heavy (non-hydrogen) atoms. The van der Waals surface area contributed by atoms with Gasteiger partial charge in [0, 0.05) is 39.8 Å². The van der Waals surface area contributed by atoms with Gasteiger partial charge in [0.05, 0.1) is 25.9 Å². The lowest BCUT2D eigenvalue weighted by molar-refractivity contribution is -0.0502. The molecule has 2 heterocycles. The average Bonchev–Trinajstić information content (AvgIpc) is 3.29. The SMILES string of the molecule is C#CCOc1cc(CNC(=NC)N2CC3OCCN(Cc4ccccc4)C3C2)ccc1OC. The van der Waals surface area contributed by atoms with Crippen LogP contribution in [-0.4, -0.2) is 74.9 Å². The Morgan fingerprint density at radius 3 is 2.79 bits per heavy atom. The van der Waals surface area contributed by atoms with E-state index < -0.39 is 0 Å². The number of benzene rings is 2.